The number of rotatable bonds is 4. The van der Waals surface area contributed by atoms with Gasteiger partial charge in [-0.15, -0.1) is 11.3 Å². The number of carboxylic acid groups (broad SMARTS) is 1. The van der Waals surface area contributed by atoms with Crippen LogP contribution in [0.3, 0.4) is 0 Å². The Morgan fingerprint density at radius 1 is 1.28 bits per heavy atom. The summed E-state index contributed by atoms with van der Waals surface area (Å²) in [5.74, 6) is -0.0770. The topological polar surface area (TPSA) is 75.0 Å². The number of aliphatic imine (C=N–C) groups is 1. The van der Waals surface area contributed by atoms with Crippen LogP contribution >= 0.6 is 11.3 Å². The first-order chi connectivity index (χ1) is 14.1. The Bertz CT molecular complexity index is 1070. The number of carboxylic acids is 1. The molecule has 0 saturated carbocycles. The summed E-state index contributed by atoms with van der Waals surface area (Å²) in [5, 5.41) is 10.6. The molecule has 0 aliphatic carbocycles. The Kier molecular flexibility index (Phi) is 5.60. The lowest BCUT2D eigenvalue weighted by molar-refractivity contribution is 0.0672. The zero-order valence-electron chi connectivity index (χ0n) is 16.5. The van der Waals surface area contributed by atoms with E-state index in [9.17, 15) is 9.90 Å². The number of hydrogen-bond donors (Lipinski definition) is 1. The molecular weight excluding hydrogens is 386 g/mol. The molecule has 29 heavy (non-hydrogen) atoms. The molecule has 1 N–H and O–H groups in total. The zero-order valence-corrected chi connectivity index (χ0v) is 17.3. The summed E-state index contributed by atoms with van der Waals surface area (Å²) in [4.78, 5) is 24.7. The van der Waals surface area contributed by atoms with E-state index in [1.807, 2.05) is 50.2 Å². The van der Waals surface area contributed by atoms with Gasteiger partial charge in [0.2, 0.25) is 0 Å². The summed E-state index contributed by atoms with van der Waals surface area (Å²) in [6.45, 7) is 6.90. The summed E-state index contributed by atoms with van der Waals surface area (Å²) in [6, 6.07) is 11.9. The van der Waals surface area contributed by atoms with Crippen molar-refractivity contribution >= 4 is 39.0 Å². The van der Waals surface area contributed by atoms with E-state index < -0.39 is 5.97 Å². The second-order valence-electron chi connectivity index (χ2n) is 6.94. The van der Waals surface area contributed by atoms with Crippen LogP contribution in [0.1, 0.15) is 28.6 Å². The van der Waals surface area contributed by atoms with Crippen molar-refractivity contribution in [1.82, 2.24) is 9.88 Å². The molecule has 4 rings (SSSR count). The second-order valence-corrected chi connectivity index (χ2v) is 7.94. The van der Waals surface area contributed by atoms with Crippen LogP contribution in [0.25, 0.3) is 21.5 Å². The van der Waals surface area contributed by atoms with Gasteiger partial charge in [-0.3, -0.25) is 0 Å². The normalized spacial score (nSPS) is 15.1. The van der Waals surface area contributed by atoms with Crippen molar-refractivity contribution in [3.05, 3.63) is 46.8 Å². The maximum Gasteiger partial charge on any atom is 0.348 e. The third-order valence-corrected chi connectivity index (χ3v) is 6.09. The predicted octanol–water partition coefficient (Wildman–Crippen LogP) is 4.74. The maximum absolute atomic E-state index is 12.0. The molecule has 1 aromatic carbocycles. The van der Waals surface area contributed by atoms with Crippen molar-refractivity contribution in [2.45, 2.75) is 20.3 Å². The average Bonchev–Trinajstić information content (AvgIpc) is 3.12. The minimum atomic E-state index is -0.968. The van der Waals surface area contributed by atoms with Crippen LogP contribution in [0, 0.1) is 6.92 Å². The lowest BCUT2D eigenvalue weighted by Gasteiger charge is -2.29. The van der Waals surface area contributed by atoms with Crippen LogP contribution in [0.15, 0.2) is 41.4 Å². The quantitative estimate of drug-likeness (QED) is 0.497. The molecule has 7 heteroatoms. The van der Waals surface area contributed by atoms with Gasteiger partial charge in [0, 0.05) is 30.5 Å². The number of amidine groups is 1. The Balaban J connectivity index is 1.87. The molecule has 1 aliphatic rings. The van der Waals surface area contributed by atoms with E-state index in [-0.39, 0.29) is 4.88 Å². The molecule has 3 aromatic rings. The number of ether oxygens (including phenoxy) is 1. The molecule has 2 aromatic heterocycles. The van der Waals surface area contributed by atoms with Crippen LogP contribution in [-0.2, 0) is 4.74 Å². The number of benzene rings is 1. The monoisotopic (exact) mass is 409 g/mol. The second kappa shape index (κ2) is 8.31. The number of morpholine rings is 1. The third kappa shape index (κ3) is 3.88. The molecule has 1 aliphatic heterocycles. The number of aromatic nitrogens is 1. The number of thiophene rings is 1. The third-order valence-electron chi connectivity index (χ3n) is 5.03. The van der Waals surface area contributed by atoms with Gasteiger partial charge >= 0.3 is 5.97 Å². The average molecular weight is 410 g/mol. The Hall–Kier alpha value is -2.77. The van der Waals surface area contributed by atoms with Gasteiger partial charge in [-0.25, -0.2) is 14.8 Å². The Morgan fingerprint density at radius 2 is 2.00 bits per heavy atom. The summed E-state index contributed by atoms with van der Waals surface area (Å²) in [5.41, 5.74) is 3.35. The van der Waals surface area contributed by atoms with E-state index in [0.29, 0.717) is 23.7 Å². The molecular formula is C22H23N3O3S. The summed E-state index contributed by atoms with van der Waals surface area (Å²) in [6.07, 6.45) is 0.727. The first-order valence-corrected chi connectivity index (χ1v) is 10.5. The van der Waals surface area contributed by atoms with Crippen molar-refractivity contribution in [2.24, 2.45) is 4.99 Å². The molecule has 0 bridgehead atoms. The number of fused-ring (bicyclic) bond motifs is 1. The van der Waals surface area contributed by atoms with Gasteiger partial charge in [0.15, 0.2) is 0 Å². The van der Waals surface area contributed by atoms with Gasteiger partial charge in [-0.1, -0.05) is 37.3 Å². The Morgan fingerprint density at radius 3 is 2.66 bits per heavy atom. The minimum absolute atomic E-state index is 0.236. The molecule has 1 saturated heterocycles. The minimum Gasteiger partial charge on any atom is -0.477 e. The van der Waals surface area contributed by atoms with Gasteiger partial charge in [0.05, 0.1) is 18.9 Å². The molecule has 0 amide bonds. The van der Waals surface area contributed by atoms with Gasteiger partial charge in [0.25, 0.3) is 0 Å². The number of aryl methyl sites for hydroxylation is 1. The van der Waals surface area contributed by atoms with Crippen molar-refractivity contribution in [3.8, 4) is 11.3 Å². The highest BCUT2D eigenvalue weighted by molar-refractivity contribution is 7.21. The van der Waals surface area contributed by atoms with E-state index in [2.05, 4.69) is 4.90 Å². The van der Waals surface area contributed by atoms with Gasteiger partial charge in [-0.2, -0.15) is 0 Å². The summed E-state index contributed by atoms with van der Waals surface area (Å²) in [7, 11) is 0. The summed E-state index contributed by atoms with van der Waals surface area (Å²) < 4.78 is 5.44. The van der Waals surface area contributed by atoms with Crippen LogP contribution in [0.5, 0.6) is 0 Å². The van der Waals surface area contributed by atoms with Crippen LogP contribution in [0.4, 0.5) is 5.69 Å². The lowest BCUT2D eigenvalue weighted by atomic mass is 10.1. The van der Waals surface area contributed by atoms with Crippen molar-refractivity contribution in [1.29, 1.82) is 0 Å². The van der Waals surface area contributed by atoms with Crippen LogP contribution in [0.2, 0.25) is 0 Å². The number of pyridine rings is 1. The van der Waals surface area contributed by atoms with E-state index in [1.165, 1.54) is 11.3 Å². The number of hydrogen-bond acceptors (Lipinski definition) is 5. The standard InChI is InChI=1S/C22H23N3O3S/c1-3-17(25-9-11-28-12-10-25)24-19-18-14(2)13-16(15-7-5-4-6-8-15)23-21(18)29-20(19)22(26)27/h4-8,13H,3,9-12H2,1-2H3,(H,26,27). The lowest BCUT2D eigenvalue weighted by Crippen LogP contribution is -2.40. The molecule has 1 fully saturated rings. The zero-order chi connectivity index (χ0) is 20.4. The molecule has 6 nitrogen and oxygen atoms in total. The molecule has 0 unspecified atom stereocenters. The van der Waals surface area contributed by atoms with Crippen LogP contribution < -0.4 is 0 Å². The molecule has 3 heterocycles. The van der Waals surface area contributed by atoms with Gasteiger partial charge in [0.1, 0.15) is 21.2 Å². The van der Waals surface area contributed by atoms with Crippen molar-refractivity contribution in [2.75, 3.05) is 26.3 Å². The first-order valence-electron chi connectivity index (χ1n) is 9.71. The van der Waals surface area contributed by atoms with Gasteiger partial charge < -0.3 is 14.7 Å². The maximum atomic E-state index is 12.0. The SMILES string of the molecule is CCC(=Nc1c(C(=O)O)sc2nc(-c3ccccc3)cc(C)c12)N1CCOCC1. The van der Waals surface area contributed by atoms with E-state index in [4.69, 9.17) is 14.7 Å². The molecule has 0 atom stereocenters. The van der Waals surface area contributed by atoms with E-state index >= 15 is 0 Å². The highest BCUT2D eigenvalue weighted by Crippen LogP contribution is 2.40. The summed E-state index contributed by atoms with van der Waals surface area (Å²) >= 11 is 1.19. The highest BCUT2D eigenvalue weighted by atomic mass is 32.1. The van der Waals surface area contributed by atoms with Crippen molar-refractivity contribution in [3.63, 3.8) is 0 Å². The number of aromatic carboxylic acids is 1. The first kappa shape index (κ1) is 19.5. The fourth-order valence-corrected chi connectivity index (χ4v) is 4.63. The van der Waals surface area contributed by atoms with E-state index in [1.54, 1.807) is 0 Å². The number of nitrogens with zero attached hydrogens (tertiary/aromatic N) is 3. The smallest absolute Gasteiger partial charge is 0.348 e. The van der Waals surface area contributed by atoms with Crippen LogP contribution in [-0.4, -0.2) is 53.1 Å². The highest BCUT2D eigenvalue weighted by Gasteiger charge is 2.23. The van der Waals surface area contributed by atoms with Crippen molar-refractivity contribution < 1.29 is 14.6 Å². The fourth-order valence-electron chi connectivity index (χ4n) is 3.60. The van der Waals surface area contributed by atoms with E-state index in [0.717, 1.165) is 47.6 Å². The Labute approximate surface area is 173 Å². The predicted molar refractivity (Wildman–Crippen MR) is 117 cm³/mol. The number of carbonyl (C=O) groups is 1. The largest absolute Gasteiger partial charge is 0.477 e. The fraction of sp³-hybridized carbons (Fsp3) is 0.318. The molecule has 150 valence electrons. The molecule has 0 radical (unpaired) electrons. The molecule has 0 spiro atoms. The van der Waals surface area contributed by atoms with Gasteiger partial charge in [-0.05, 0) is 18.6 Å².